The maximum atomic E-state index is 13.1. The molecule has 0 unspecified atom stereocenters. The molecule has 1 heterocycles. The molecular formula is C24H22FN3O4S. The molecule has 170 valence electrons. The van der Waals surface area contributed by atoms with Crippen molar-refractivity contribution < 1.29 is 22.3 Å². The van der Waals surface area contributed by atoms with E-state index < -0.39 is 15.9 Å². The summed E-state index contributed by atoms with van der Waals surface area (Å²) in [5.74, 6) is 0.00210. The fraction of sp³-hybridized carbons (Fsp3) is 0.167. The van der Waals surface area contributed by atoms with Gasteiger partial charge in [-0.2, -0.15) is 0 Å². The molecule has 4 rings (SSSR count). The van der Waals surface area contributed by atoms with Gasteiger partial charge >= 0.3 is 0 Å². The Kier molecular flexibility index (Phi) is 6.69. The molecule has 0 saturated carbocycles. The topological polar surface area (TPSA) is 96.9 Å². The number of benzene rings is 3. The summed E-state index contributed by atoms with van der Waals surface area (Å²) in [6, 6.07) is 18.6. The summed E-state index contributed by atoms with van der Waals surface area (Å²) in [5, 5.41) is 2.72. The lowest BCUT2D eigenvalue weighted by atomic mass is 10.1. The molecule has 2 N–H and O–H groups in total. The maximum Gasteiger partial charge on any atom is 0.262 e. The lowest BCUT2D eigenvalue weighted by Gasteiger charge is -2.13. The van der Waals surface area contributed by atoms with Crippen molar-refractivity contribution >= 4 is 27.5 Å². The van der Waals surface area contributed by atoms with Crippen molar-refractivity contribution in [3.05, 3.63) is 89.7 Å². The van der Waals surface area contributed by atoms with E-state index in [9.17, 15) is 17.6 Å². The van der Waals surface area contributed by atoms with Crippen molar-refractivity contribution in [2.75, 3.05) is 11.9 Å². The molecule has 33 heavy (non-hydrogen) atoms. The zero-order valence-corrected chi connectivity index (χ0v) is 18.4. The molecular weight excluding hydrogens is 445 g/mol. The average Bonchev–Trinajstić information content (AvgIpc) is 3.31. The Hall–Kier alpha value is -3.72. The van der Waals surface area contributed by atoms with E-state index in [-0.39, 0.29) is 22.9 Å². The molecule has 0 bridgehead atoms. The van der Waals surface area contributed by atoms with Gasteiger partial charge in [0.05, 0.1) is 10.5 Å². The van der Waals surface area contributed by atoms with E-state index in [2.05, 4.69) is 15.0 Å². The maximum absolute atomic E-state index is 13.1. The minimum Gasteiger partial charge on any atom is -0.488 e. The number of nitrogens with one attached hydrogen (secondary N) is 2. The van der Waals surface area contributed by atoms with Gasteiger partial charge in [0.15, 0.2) is 0 Å². The van der Waals surface area contributed by atoms with Crippen molar-refractivity contribution in [3.63, 3.8) is 0 Å². The third kappa shape index (κ3) is 5.75. The summed E-state index contributed by atoms with van der Waals surface area (Å²) in [7, 11) is -3.80. The Balaban J connectivity index is 1.47. The van der Waals surface area contributed by atoms with Crippen molar-refractivity contribution in [2.24, 2.45) is 4.99 Å². The summed E-state index contributed by atoms with van der Waals surface area (Å²) in [5.41, 5.74) is 1.36. The molecule has 0 fully saturated rings. The van der Waals surface area contributed by atoms with Crippen LogP contribution in [0.15, 0.2) is 82.7 Å². The number of ether oxygens (including phenoxy) is 1. The Morgan fingerprint density at radius 3 is 2.58 bits per heavy atom. The highest BCUT2D eigenvalue weighted by Gasteiger charge is 2.19. The number of sulfonamides is 1. The van der Waals surface area contributed by atoms with Crippen LogP contribution in [-0.4, -0.2) is 26.7 Å². The van der Waals surface area contributed by atoms with Crippen LogP contribution in [0.1, 0.15) is 28.8 Å². The summed E-state index contributed by atoms with van der Waals surface area (Å²) in [6.07, 6.45) is 1.40. The van der Waals surface area contributed by atoms with Gasteiger partial charge in [0.25, 0.3) is 15.9 Å². The van der Waals surface area contributed by atoms with Crippen LogP contribution in [0.3, 0.4) is 0 Å². The second kappa shape index (κ2) is 9.83. The number of anilines is 1. The first-order chi connectivity index (χ1) is 15.9. The lowest BCUT2D eigenvalue weighted by Crippen LogP contribution is -2.29. The first-order valence-electron chi connectivity index (χ1n) is 10.3. The van der Waals surface area contributed by atoms with Crippen LogP contribution in [0.5, 0.6) is 5.75 Å². The van der Waals surface area contributed by atoms with E-state index in [1.807, 2.05) is 0 Å². The molecule has 1 amide bonds. The minimum atomic E-state index is -3.80. The number of amidine groups is 1. The zero-order valence-electron chi connectivity index (χ0n) is 17.6. The highest BCUT2D eigenvalue weighted by molar-refractivity contribution is 7.90. The first kappa shape index (κ1) is 22.5. The van der Waals surface area contributed by atoms with Gasteiger partial charge in [-0.1, -0.05) is 30.3 Å². The fourth-order valence-electron chi connectivity index (χ4n) is 3.30. The number of aliphatic imine (C=N–C) groups is 1. The van der Waals surface area contributed by atoms with Crippen LogP contribution in [0.2, 0.25) is 0 Å². The molecule has 1 aliphatic rings. The van der Waals surface area contributed by atoms with Crippen molar-refractivity contribution in [2.45, 2.75) is 24.3 Å². The van der Waals surface area contributed by atoms with Crippen molar-refractivity contribution in [1.82, 2.24) is 4.72 Å². The molecule has 0 radical (unpaired) electrons. The second-order valence-corrected chi connectivity index (χ2v) is 9.11. The monoisotopic (exact) mass is 467 g/mol. The van der Waals surface area contributed by atoms with Crippen LogP contribution >= 0.6 is 0 Å². The quantitative estimate of drug-likeness (QED) is 0.546. The molecule has 0 aliphatic carbocycles. The van der Waals surface area contributed by atoms with E-state index in [4.69, 9.17) is 4.74 Å². The van der Waals surface area contributed by atoms with Crippen LogP contribution in [0, 0.1) is 5.82 Å². The molecule has 0 aromatic heterocycles. The normalized spacial score (nSPS) is 13.3. The Bertz CT molecular complexity index is 1290. The lowest BCUT2D eigenvalue weighted by molar-refractivity contribution is 0.102. The Morgan fingerprint density at radius 2 is 1.82 bits per heavy atom. The standard InChI is InChI=1S/C24H22FN3O4S/c25-18-12-10-17(11-13-18)16-32-22-8-2-1-7-21(22)24(29)27-19-5-3-6-20(15-19)33(30,31)28-23-9-4-14-26-23/h1-3,5-8,10-13,15H,4,9,14,16H2,(H,26,28)(H,27,29). The highest BCUT2D eigenvalue weighted by Crippen LogP contribution is 2.22. The predicted molar refractivity (Wildman–Crippen MR) is 123 cm³/mol. The summed E-state index contributed by atoms with van der Waals surface area (Å²) in [4.78, 5) is 17.1. The third-order valence-electron chi connectivity index (χ3n) is 4.97. The van der Waals surface area contributed by atoms with Crippen LogP contribution in [0.4, 0.5) is 10.1 Å². The van der Waals surface area contributed by atoms with Crippen LogP contribution < -0.4 is 14.8 Å². The number of para-hydroxylation sites is 1. The molecule has 0 spiro atoms. The second-order valence-electron chi connectivity index (χ2n) is 7.43. The Morgan fingerprint density at radius 1 is 1.03 bits per heavy atom. The van der Waals surface area contributed by atoms with Crippen molar-refractivity contribution in [1.29, 1.82) is 0 Å². The van der Waals surface area contributed by atoms with Gasteiger partial charge in [-0.25, -0.2) is 12.8 Å². The molecule has 7 nitrogen and oxygen atoms in total. The van der Waals surface area contributed by atoms with Crippen LogP contribution in [0.25, 0.3) is 0 Å². The molecule has 1 aliphatic heterocycles. The number of amides is 1. The van der Waals surface area contributed by atoms with E-state index in [0.717, 1.165) is 12.0 Å². The smallest absolute Gasteiger partial charge is 0.262 e. The number of halogens is 1. The van der Waals surface area contributed by atoms with Gasteiger partial charge in [-0.15, -0.1) is 0 Å². The molecule has 3 aromatic carbocycles. The SMILES string of the molecule is O=C(Nc1cccc(S(=O)(=O)NC2=NCCC2)c1)c1ccccc1OCc1ccc(F)cc1. The number of carbonyl (C=O) groups excluding carboxylic acids is 1. The molecule has 9 heteroatoms. The third-order valence-corrected chi connectivity index (χ3v) is 6.35. The van der Waals surface area contributed by atoms with Gasteiger partial charge in [0.1, 0.15) is 24.0 Å². The largest absolute Gasteiger partial charge is 0.488 e. The van der Waals surface area contributed by atoms with E-state index in [1.54, 1.807) is 48.5 Å². The highest BCUT2D eigenvalue weighted by atomic mass is 32.2. The molecule has 3 aromatic rings. The number of nitrogens with zero attached hydrogens (tertiary/aromatic N) is 1. The van der Waals surface area contributed by atoms with E-state index in [0.29, 0.717) is 30.2 Å². The number of hydrogen-bond acceptors (Lipinski definition) is 5. The Labute approximate surface area is 191 Å². The van der Waals surface area contributed by atoms with Crippen LogP contribution in [-0.2, 0) is 16.6 Å². The summed E-state index contributed by atoms with van der Waals surface area (Å²) in [6.45, 7) is 0.768. The fourth-order valence-corrected chi connectivity index (χ4v) is 4.43. The van der Waals surface area contributed by atoms with Gasteiger partial charge in [-0.3, -0.25) is 14.5 Å². The predicted octanol–water partition coefficient (Wildman–Crippen LogP) is 4.13. The van der Waals surface area contributed by atoms with Gasteiger partial charge in [0.2, 0.25) is 0 Å². The zero-order chi connectivity index (χ0) is 23.3. The minimum absolute atomic E-state index is 0.0238. The van der Waals surface area contributed by atoms with Gasteiger partial charge in [0, 0.05) is 18.7 Å². The van der Waals surface area contributed by atoms with E-state index >= 15 is 0 Å². The van der Waals surface area contributed by atoms with Gasteiger partial charge < -0.3 is 10.1 Å². The van der Waals surface area contributed by atoms with Crippen molar-refractivity contribution in [3.8, 4) is 5.75 Å². The average molecular weight is 468 g/mol. The number of hydrogen-bond donors (Lipinski definition) is 2. The first-order valence-corrected chi connectivity index (χ1v) is 11.8. The number of rotatable bonds is 7. The molecule has 0 saturated heterocycles. The van der Waals surface area contributed by atoms with Gasteiger partial charge in [-0.05, 0) is 54.4 Å². The molecule has 0 atom stereocenters. The summed E-state index contributed by atoms with van der Waals surface area (Å²) >= 11 is 0. The van der Waals surface area contributed by atoms with E-state index in [1.165, 1.54) is 24.3 Å². The number of carbonyl (C=O) groups is 1. The summed E-state index contributed by atoms with van der Waals surface area (Å²) < 4.78 is 46.6.